The van der Waals surface area contributed by atoms with E-state index in [1.807, 2.05) is 13.8 Å². The van der Waals surface area contributed by atoms with Crippen LogP contribution in [0.4, 0.5) is 0 Å². The Morgan fingerprint density at radius 3 is 2.53 bits per heavy atom. The Bertz CT molecular complexity index is 259. The molecular weight excluding hydrogens is 186 g/mol. The molecule has 0 aliphatic heterocycles. The first-order valence-corrected chi connectivity index (χ1v) is 6.34. The zero-order chi connectivity index (χ0) is 11.1. The molecule has 0 heterocycles. The van der Waals surface area contributed by atoms with Crippen molar-refractivity contribution >= 4 is 5.91 Å². The average Bonchev–Trinajstić information content (AvgIpc) is 2.79. The number of hydrogen-bond donors (Lipinski definition) is 1. The second-order valence-electron chi connectivity index (χ2n) is 5.99. The van der Waals surface area contributed by atoms with Gasteiger partial charge in [0, 0.05) is 11.5 Å². The number of carbonyl (C=O) groups is 1. The third-order valence-electron chi connectivity index (χ3n) is 4.55. The maximum atomic E-state index is 12.0. The molecule has 0 aromatic carbocycles. The van der Waals surface area contributed by atoms with Gasteiger partial charge in [0.2, 0.25) is 5.91 Å². The Hall–Kier alpha value is -0.530. The van der Waals surface area contributed by atoms with Crippen LogP contribution < -0.4 is 5.32 Å². The predicted molar refractivity (Wildman–Crippen MR) is 61.5 cm³/mol. The topological polar surface area (TPSA) is 29.1 Å². The predicted octanol–water partition coefficient (Wildman–Crippen LogP) is 2.73. The van der Waals surface area contributed by atoms with E-state index < -0.39 is 0 Å². The highest BCUT2D eigenvalue weighted by atomic mass is 16.2. The quantitative estimate of drug-likeness (QED) is 0.761. The van der Waals surface area contributed by atoms with Crippen molar-refractivity contribution in [1.29, 1.82) is 0 Å². The summed E-state index contributed by atoms with van der Waals surface area (Å²) in [6, 6.07) is 0.488. The maximum absolute atomic E-state index is 12.0. The number of nitrogens with one attached hydrogen (secondary N) is 1. The van der Waals surface area contributed by atoms with Crippen LogP contribution in [0.25, 0.3) is 0 Å². The highest BCUT2D eigenvalue weighted by Crippen LogP contribution is 2.44. The van der Waals surface area contributed by atoms with Gasteiger partial charge in [-0.1, -0.05) is 27.2 Å². The van der Waals surface area contributed by atoms with Gasteiger partial charge in [0.1, 0.15) is 0 Å². The van der Waals surface area contributed by atoms with E-state index in [1.165, 1.54) is 25.7 Å². The van der Waals surface area contributed by atoms with E-state index in [2.05, 4.69) is 12.2 Å². The summed E-state index contributed by atoms with van der Waals surface area (Å²) in [6.07, 6.45) is 6.24. The van der Waals surface area contributed by atoms with Crippen LogP contribution in [-0.4, -0.2) is 11.9 Å². The van der Waals surface area contributed by atoms with Crippen LogP contribution in [0.2, 0.25) is 0 Å². The molecule has 0 aromatic heterocycles. The standard InChI is InChI=1S/C13H23NO/c1-4-13(2,3)12(15)14-11-8-9-5-6-10(11)7-9/h9-11H,4-8H2,1-3H3,(H,14,15). The Labute approximate surface area is 92.8 Å². The molecule has 1 amide bonds. The fourth-order valence-corrected chi connectivity index (χ4v) is 2.95. The van der Waals surface area contributed by atoms with E-state index in [0.717, 1.165) is 18.3 Å². The average molecular weight is 209 g/mol. The highest BCUT2D eigenvalue weighted by Gasteiger charge is 2.41. The second-order valence-corrected chi connectivity index (χ2v) is 5.99. The normalized spacial score (nSPS) is 34.5. The highest BCUT2D eigenvalue weighted by molar-refractivity contribution is 5.82. The Morgan fingerprint density at radius 2 is 2.07 bits per heavy atom. The van der Waals surface area contributed by atoms with Gasteiger partial charge in [-0.05, 0) is 37.5 Å². The van der Waals surface area contributed by atoms with Gasteiger partial charge in [-0.15, -0.1) is 0 Å². The van der Waals surface area contributed by atoms with Crippen LogP contribution in [0.3, 0.4) is 0 Å². The van der Waals surface area contributed by atoms with Crippen LogP contribution in [0, 0.1) is 17.3 Å². The lowest BCUT2D eigenvalue weighted by atomic mass is 9.87. The first kappa shape index (κ1) is 11.0. The van der Waals surface area contributed by atoms with Gasteiger partial charge in [0.25, 0.3) is 0 Å². The van der Waals surface area contributed by atoms with Crippen LogP contribution in [0.15, 0.2) is 0 Å². The maximum Gasteiger partial charge on any atom is 0.225 e. The summed E-state index contributed by atoms with van der Waals surface area (Å²) in [6.45, 7) is 6.16. The summed E-state index contributed by atoms with van der Waals surface area (Å²) >= 11 is 0. The van der Waals surface area contributed by atoms with Crippen molar-refractivity contribution in [2.75, 3.05) is 0 Å². The van der Waals surface area contributed by atoms with Crippen molar-refractivity contribution in [3.63, 3.8) is 0 Å². The van der Waals surface area contributed by atoms with Crippen molar-refractivity contribution in [3.8, 4) is 0 Å². The van der Waals surface area contributed by atoms with E-state index >= 15 is 0 Å². The van der Waals surface area contributed by atoms with Crippen LogP contribution in [-0.2, 0) is 4.79 Å². The fraction of sp³-hybridized carbons (Fsp3) is 0.923. The minimum atomic E-state index is -0.193. The molecule has 0 aromatic rings. The third-order valence-corrected chi connectivity index (χ3v) is 4.55. The van der Waals surface area contributed by atoms with E-state index in [4.69, 9.17) is 0 Å². The number of fused-ring (bicyclic) bond motifs is 2. The van der Waals surface area contributed by atoms with Gasteiger partial charge in [-0.2, -0.15) is 0 Å². The van der Waals surface area contributed by atoms with Gasteiger partial charge in [0.15, 0.2) is 0 Å². The minimum absolute atomic E-state index is 0.193. The van der Waals surface area contributed by atoms with Crippen molar-refractivity contribution < 1.29 is 4.79 Å². The molecule has 2 aliphatic rings. The largest absolute Gasteiger partial charge is 0.353 e. The first-order chi connectivity index (χ1) is 7.03. The molecular formula is C13H23NO. The zero-order valence-corrected chi connectivity index (χ0v) is 10.2. The van der Waals surface area contributed by atoms with Crippen molar-refractivity contribution in [3.05, 3.63) is 0 Å². The van der Waals surface area contributed by atoms with E-state index in [0.29, 0.717) is 6.04 Å². The van der Waals surface area contributed by atoms with E-state index in [1.54, 1.807) is 0 Å². The molecule has 2 rings (SSSR count). The Balaban J connectivity index is 1.90. The summed E-state index contributed by atoms with van der Waals surface area (Å²) in [5.74, 6) is 1.94. The summed E-state index contributed by atoms with van der Waals surface area (Å²) in [7, 11) is 0. The van der Waals surface area contributed by atoms with Crippen molar-refractivity contribution in [1.82, 2.24) is 5.32 Å². The molecule has 0 spiro atoms. The smallest absolute Gasteiger partial charge is 0.225 e. The monoisotopic (exact) mass is 209 g/mol. The molecule has 2 aliphatic carbocycles. The molecule has 15 heavy (non-hydrogen) atoms. The van der Waals surface area contributed by atoms with E-state index in [-0.39, 0.29) is 11.3 Å². The summed E-state index contributed by atoms with van der Waals surface area (Å²) < 4.78 is 0. The SMILES string of the molecule is CCC(C)(C)C(=O)NC1CC2CCC1C2. The lowest BCUT2D eigenvalue weighted by Crippen LogP contribution is -2.44. The molecule has 3 unspecified atom stereocenters. The van der Waals surface area contributed by atoms with Crippen molar-refractivity contribution in [2.45, 2.75) is 58.9 Å². The fourth-order valence-electron chi connectivity index (χ4n) is 2.95. The molecule has 2 saturated carbocycles. The summed E-state index contributed by atoms with van der Waals surface area (Å²) in [5, 5.41) is 3.26. The molecule has 2 bridgehead atoms. The lowest BCUT2D eigenvalue weighted by Gasteiger charge is -2.28. The molecule has 2 heteroatoms. The van der Waals surface area contributed by atoms with Gasteiger partial charge in [-0.3, -0.25) is 4.79 Å². The van der Waals surface area contributed by atoms with Gasteiger partial charge in [0.05, 0.1) is 0 Å². The first-order valence-electron chi connectivity index (χ1n) is 6.34. The van der Waals surface area contributed by atoms with Crippen LogP contribution >= 0.6 is 0 Å². The van der Waals surface area contributed by atoms with Crippen LogP contribution in [0.1, 0.15) is 52.9 Å². The number of amides is 1. The zero-order valence-electron chi connectivity index (χ0n) is 10.2. The molecule has 2 fully saturated rings. The third kappa shape index (κ3) is 2.04. The van der Waals surface area contributed by atoms with Gasteiger partial charge < -0.3 is 5.32 Å². The lowest BCUT2D eigenvalue weighted by molar-refractivity contribution is -0.130. The molecule has 0 radical (unpaired) electrons. The molecule has 3 atom stereocenters. The number of carbonyl (C=O) groups excluding carboxylic acids is 1. The van der Waals surface area contributed by atoms with E-state index in [9.17, 15) is 4.79 Å². The summed E-state index contributed by atoms with van der Waals surface area (Å²) in [5.41, 5.74) is -0.193. The summed E-state index contributed by atoms with van der Waals surface area (Å²) in [4.78, 5) is 12.0. The molecule has 2 nitrogen and oxygen atoms in total. The van der Waals surface area contributed by atoms with Crippen LogP contribution in [0.5, 0.6) is 0 Å². The Morgan fingerprint density at radius 1 is 1.33 bits per heavy atom. The van der Waals surface area contributed by atoms with Gasteiger partial charge in [-0.25, -0.2) is 0 Å². The minimum Gasteiger partial charge on any atom is -0.353 e. The number of hydrogen-bond acceptors (Lipinski definition) is 1. The molecule has 86 valence electrons. The second kappa shape index (κ2) is 3.80. The number of rotatable bonds is 3. The Kier molecular flexibility index (Phi) is 2.78. The van der Waals surface area contributed by atoms with Gasteiger partial charge >= 0.3 is 0 Å². The molecule has 0 saturated heterocycles. The molecule has 1 N–H and O–H groups in total. The van der Waals surface area contributed by atoms with Crippen molar-refractivity contribution in [2.24, 2.45) is 17.3 Å².